The Morgan fingerprint density at radius 2 is 1.97 bits per heavy atom. The molecule has 1 aliphatic heterocycles. The molecule has 0 spiro atoms. The second-order valence-electron chi connectivity index (χ2n) is 6.96. The van der Waals surface area contributed by atoms with E-state index in [1.165, 1.54) is 0 Å². The van der Waals surface area contributed by atoms with Gasteiger partial charge >= 0.3 is 0 Å². The van der Waals surface area contributed by atoms with E-state index in [1.54, 1.807) is 17.0 Å². The third kappa shape index (κ3) is 4.80. The molecule has 7 nitrogen and oxygen atoms in total. The van der Waals surface area contributed by atoms with Gasteiger partial charge in [0.25, 0.3) is 11.8 Å². The second-order valence-corrected chi connectivity index (χ2v) is 8.12. The number of primary amides is 1. The van der Waals surface area contributed by atoms with Crippen LogP contribution < -0.4 is 20.7 Å². The lowest BCUT2D eigenvalue weighted by Crippen LogP contribution is -2.39. The van der Waals surface area contributed by atoms with Crippen LogP contribution >= 0.6 is 22.6 Å². The molecule has 0 radical (unpaired) electrons. The summed E-state index contributed by atoms with van der Waals surface area (Å²) >= 11 is 2.12. The fourth-order valence-corrected chi connectivity index (χ4v) is 4.06. The molecule has 1 aromatic rings. The molecule has 0 saturated carbocycles. The number of nitrogens with one attached hydrogen (secondary N) is 1. The summed E-state index contributed by atoms with van der Waals surface area (Å²) in [6.45, 7) is 2.46. The number of anilines is 2. The van der Waals surface area contributed by atoms with Crippen molar-refractivity contribution in [2.24, 2.45) is 5.73 Å². The number of benzene rings is 1. The lowest BCUT2D eigenvalue weighted by atomic mass is 9.90. The van der Waals surface area contributed by atoms with Crippen LogP contribution in [0.15, 0.2) is 35.4 Å². The van der Waals surface area contributed by atoms with Gasteiger partial charge in [0.05, 0.1) is 11.4 Å². The number of hydrogen-bond donors (Lipinski definition) is 2. The van der Waals surface area contributed by atoms with Crippen LogP contribution in [0.25, 0.3) is 0 Å². The predicted molar refractivity (Wildman–Crippen MR) is 120 cm³/mol. The quantitative estimate of drug-likeness (QED) is 0.454. The summed E-state index contributed by atoms with van der Waals surface area (Å²) in [4.78, 5) is 38.6. The van der Waals surface area contributed by atoms with E-state index in [2.05, 4.69) is 27.9 Å². The van der Waals surface area contributed by atoms with Gasteiger partial charge in [0.15, 0.2) is 6.61 Å². The zero-order chi connectivity index (χ0) is 21.0. The molecule has 29 heavy (non-hydrogen) atoms. The number of carbonyl (C=O) groups excluding carboxylic acids is 3. The average molecular weight is 509 g/mol. The Labute approximate surface area is 183 Å². The Hall–Kier alpha value is -2.36. The standard InChI is InChI=1S/C21H24IN3O4/c1-2-3-6-9-25-17-11-16(15(22)10-18(17)29-12-19(25)26)24-21(28)14-8-5-4-7-13(14)20(23)27/h3,6,10-11H,2,4-5,7-9,12H2,1H3,(H2,23,27)(H,24,28). The maximum absolute atomic E-state index is 12.9. The van der Waals surface area contributed by atoms with Crippen molar-refractivity contribution < 1.29 is 19.1 Å². The first kappa shape index (κ1) is 21.4. The first-order valence-electron chi connectivity index (χ1n) is 9.67. The van der Waals surface area contributed by atoms with Crippen LogP contribution in [0.3, 0.4) is 0 Å². The van der Waals surface area contributed by atoms with Crippen molar-refractivity contribution in [2.75, 3.05) is 23.4 Å². The van der Waals surface area contributed by atoms with Gasteiger partial charge in [0.2, 0.25) is 5.91 Å². The molecule has 0 saturated heterocycles. The Morgan fingerprint density at radius 3 is 2.66 bits per heavy atom. The molecule has 0 bridgehead atoms. The van der Waals surface area contributed by atoms with Crippen molar-refractivity contribution >= 4 is 51.7 Å². The first-order chi connectivity index (χ1) is 13.9. The number of amides is 3. The van der Waals surface area contributed by atoms with Gasteiger partial charge in [0.1, 0.15) is 5.75 Å². The van der Waals surface area contributed by atoms with Gasteiger partial charge in [-0.1, -0.05) is 19.1 Å². The number of fused-ring (bicyclic) bond motifs is 1. The van der Waals surface area contributed by atoms with Crippen LogP contribution in [0.1, 0.15) is 39.0 Å². The molecule has 0 aromatic heterocycles. The number of hydrogen-bond acceptors (Lipinski definition) is 4. The Morgan fingerprint density at radius 1 is 1.24 bits per heavy atom. The van der Waals surface area contributed by atoms with Gasteiger partial charge in [-0.25, -0.2) is 0 Å². The molecule has 1 aromatic carbocycles. The average Bonchev–Trinajstić information content (AvgIpc) is 2.70. The van der Waals surface area contributed by atoms with Crippen molar-refractivity contribution in [1.29, 1.82) is 0 Å². The maximum Gasteiger partial charge on any atom is 0.265 e. The second kappa shape index (κ2) is 9.43. The normalized spacial score (nSPS) is 16.6. The molecule has 2 aliphatic rings. The molecule has 1 heterocycles. The van der Waals surface area contributed by atoms with Gasteiger partial charge < -0.3 is 20.7 Å². The van der Waals surface area contributed by atoms with Crippen LogP contribution in [-0.2, 0) is 14.4 Å². The number of allylic oxidation sites excluding steroid dienone is 1. The summed E-state index contributed by atoms with van der Waals surface area (Å²) in [7, 11) is 0. The third-order valence-corrected chi connectivity index (χ3v) is 5.86. The molecule has 0 unspecified atom stereocenters. The van der Waals surface area contributed by atoms with Gasteiger partial charge in [-0.3, -0.25) is 14.4 Å². The van der Waals surface area contributed by atoms with Crippen LogP contribution in [0.2, 0.25) is 0 Å². The highest BCUT2D eigenvalue weighted by Crippen LogP contribution is 2.38. The summed E-state index contributed by atoms with van der Waals surface area (Å²) in [5.41, 5.74) is 7.50. The zero-order valence-corrected chi connectivity index (χ0v) is 18.5. The van der Waals surface area contributed by atoms with Crippen LogP contribution in [-0.4, -0.2) is 30.9 Å². The van der Waals surface area contributed by atoms with Crippen LogP contribution in [0, 0.1) is 3.57 Å². The highest BCUT2D eigenvalue weighted by molar-refractivity contribution is 14.1. The summed E-state index contributed by atoms with van der Waals surface area (Å²) in [6, 6.07) is 3.55. The fourth-order valence-electron chi connectivity index (χ4n) is 3.49. The molecule has 3 rings (SSSR count). The molecule has 3 amide bonds. The first-order valence-corrected chi connectivity index (χ1v) is 10.7. The van der Waals surface area contributed by atoms with Gasteiger partial charge in [-0.05, 0) is 66.8 Å². The Bertz CT molecular complexity index is 907. The molecule has 1 aliphatic carbocycles. The topological polar surface area (TPSA) is 102 Å². The Balaban J connectivity index is 1.91. The largest absolute Gasteiger partial charge is 0.482 e. The van der Waals surface area contributed by atoms with E-state index in [1.807, 2.05) is 19.1 Å². The lowest BCUT2D eigenvalue weighted by Gasteiger charge is -2.29. The van der Waals surface area contributed by atoms with Gasteiger partial charge in [-0.15, -0.1) is 0 Å². The molecule has 0 fully saturated rings. The predicted octanol–water partition coefficient (Wildman–Crippen LogP) is 3.28. The minimum absolute atomic E-state index is 0.0103. The monoisotopic (exact) mass is 509 g/mol. The van der Waals surface area contributed by atoms with Crippen molar-refractivity contribution in [3.8, 4) is 5.75 Å². The van der Waals surface area contributed by atoms with Crippen molar-refractivity contribution in [2.45, 2.75) is 39.0 Å². The van der Waals surface area contributed by atoms with E-state index < -0.39 is 5.91 Å². The van der Waals surface area contributed by atoms with E-state index in [-0.39, 0.29) is 18.4 Å². The zero-order valence-electron chi connectivity index (χ0n) is 16.3. The van der Waals surface area contributed by atoms with Crippen LogP contribution in [0.4, 0.5) is 11.4 Å². The summed E-state index contributed by atoms with van der Waals surface area (Å²) in [5, 5.41) is 2.89. The smallest absolute Gasteiger partial charge is 0.265 e. The minimum Gasteiger partial charge on any atom is -0.482 e. The maximum atomic E-state index is 12.9. The fraction of sp³-hybridized carbons (Fsp3) is 0.381. The number of nitrogens with zero attached hydrogens (tertiary/aromatic N) is 1. The number of ether oxygens (including phenoxy) is 1. The highest BCUT2D eigenvalue weighted by Gasteiger charge is 2.27. The van der Waals surface area contributed by atoms with Crippen molar-refractivity contribution in [1.82, 2.24) is 0 Å². The van der Waals surface area contributed by atoms with Crippen molar-refractivity contribution in [3.63, 3.8) is 0 Å². The minimum atomic E-state index is -0.539. The van der Waals surface area contributed by atoms with Gasteiger partial charge in [-0.2, -0.15) is 0 Å². The molecular weight excluding hydrogens is 485 g/mol. The van der Waals surface area contributed by atoms with E-state index in [9.17, 15) is 14.4 Å². The summed E-state index contributed by atoms with van der Waals surface area (Å²) < 4.78 is 6.36. The number of halogens is 1. The van der Waals surface area contributed by atoms with Crippen LogP contribution in [0.5, 0.6) is 5.75 Å². The Kier molecular flexibility index (Phi) is 6.94. The third-order valence-electron chi connectivity index (χ3n) is 4.97. The SMILES string of the molecule is CCC=CCN1C(=O)COc2cc(I)c(NC(=O)C3=C(C(N)=O)CCCC3)cc21. The number of rotatable bonds is 6. The summed E-state index contributed by atoms with van der Waals surface area (Å²) in [5.74, 6) is -0.394. The highest BCUT2D eigenvalue weighted by atomic mass is 127. The molecule has 0 atom stereocenters. The molecule has 3 N–H and O–H groups in total. The van der Waals surface area contributed by atoms with E-state index in [4.69, 9.17) is 10.5 Å². The van der Waals surface area contributed by atoms with E-state index in [0.717, 1.165) is 22.8 Å². The molecular formula is C21H24IN3O4. The number of carbonyl (C=O) groups is 3. The van der Waals surface area contributed by atoms with Crippen molar-refractivity contribution in [3.05, 3.63) is 39.0 Å². The lowest BCUT2D eigenvalue weighted by molar-refractivity contribution is -0.121. The van der Waals surface area contributed by atoms with E-state index in [0.29, 0.717) is 47.7 Å². The van der Waals surface area contributed by atoms with E-state index >= 15 is 0 Å². The molecule has 154 valence electrons. The van der Waals surface area contributed by atoms with Gasteiger partial charge in [0, 0.05) is 21.3 Å². The molecule has 8 heteroatoms. The number of nitrogens with two attached hydrogens (primary N) is 1. The summed E-state index contributed by atoms with van der Waals surface area (Å²) in [6.07, 6.45) is 7.58.